The summed E-state index contributed by atoms with van der Waals surface area (Å²) >= 11 is 0. The van der Waals surface area contributed by atoms with E-state index in [1.807, 2.05) is 30.3 Å². The van der Waals surface area contributed by atoms with E-state index in [0.29, 0.717) is 32.4 Å². The van der Waals surface area contributed by atoms with Gasteiger partial charge in [0.2, 0.25) is 11.8 Å². The number of amides is 3. The third kappa shape index (κ3) is 4.82. The van der Waals surface area contributed by atoms with Crippen molar-refractivity contribution in [3.05, 3.63) is 35.9 Å². The van der Waals surface area contributed by atoms with Crippen LogP contribution in [0, 0.1) is 5.92 Å². The first-order valence-electron chi connectivity index (χ1n) is 9.94. The minimum atomic E-state index is -1.09. The highest BCUT2D eigenvalue weighted by Crippen LogP contribution is 2.23. The van der Waals surface area contributed by atoms with Crippen molar-refractivity contribution in [3.8, 4) is 0 Å². The normalized spacial score (nSPS) is 20.2. The molecular weight excluding hydrogens is 370 g/mol. The second-order valence-electron chi connectivity index (χ2n) is 8.31. The molecule has 3 amide bonds. The van der Waals surface area contributed by atoms with Crippen LogP contribution in [0.15, 0.2) is 35.4 Å². The summed E-state index contributed by atoms with van der Waals surface area (Å²) in [6.07, 6.45) is 1.67. The summed E-state index contributed by atoms with van der Waals surface area (Å²) < 4.78 is 0. The minimum absolute atomic E-state index is 0.0922. The van der Waals surface area contributed by atoms with E-state index in [9.17, 15) is 14.4 Å². The van der Waals surface area contributed by atoms with Crippen LogP contribution < -0.4 is 11.1 Å². The summed E-state index contributed by atoms with van der Waals surface area (Å²) in [7, 11) is 1.63. The number of benzene rings is 1. The molecular formula is C21H29N5O3. The quantitative estimate of drug-likeness (QED) is 0.727. The standard InChI is InChI=1S/C21H29N5O3/c1-21(2,22)20(29)23-17(10-9-14-7-5-4-6-8-14)19(28)26-12-11-16-15(13-26)18(27)25(3)24-16/h4-8,15,17H,9-13,22H2,1-3H3,(H,23,29). The van der Waals surface area contributed by atoms with Gasteiger partial charge in [0.25, 0.3) is 5.91 Å². The summed E-state index contributed by atoms with van der Waals surface area (Å²) in [4.78, 5) is 39.7. The third-order valence-electron chi connectivity index (χ3n) is 5.40. The molecule has 0 radical (unpaired) electrons. The van der Waals surface area contributed by atoms with Crippen molar-refractivity contribution in [3.63, 3.8) is 0 Å². The van der Waals surface area contributed by atoms with Gasteiger partial charge in [-0.25, -0.2) is 5.01 Å². The molecule has 156 valence electrons. The number of hydrazone groups is 1. The second-order valence-corrected chi connectivity index (χ2v) is 8.31. The average Bonchev–Trinajstić information content (AvgIpc) is 2.98. The summed E-state index contributed by atoms with van der Waals surface area (Å²) in [6.45, 7) is 4.00. The van der Waals surface area contributed by atoms with Gasteiger partial charge in [-0.3, -0.25) is 14.4 Å². The van der Waals surface area contributed by atoms with Crippen molar-refractivity contribution in [1.82, 2.24) is 15.2 Å². The Labute approximate surface area is 171 Å². The highest BCUT2D eigenvalue weighted by Gasteiger charge is 2.41. The lowest BCUT2D eigenvalue weighted by Crippen LogP contribution is -2.58. The van der Waals surface area contributed by atoms with Crippen LogP contribution in [-0.4, -0.2) is 65.1 Å². The summed E-state index contributed by atoms with van der Waals surface area (Å²) in [5.41, 5.74) is 6.75. The topological polar surface area (TPSA) is 108 Å². The third-order valence-corrected chi connectivity index (χ3v) is 5.40. The molecule has 3 rings (SSSR count). The van der Waals surface area contributed by atoms with E-state index in [2.05, 4.69) is 10.4 Å². The van der Waals surface area contributed by atoms with Gasteiger partial charge in [-0.15, -0.1) is 0 Å². The number of rotatable bonds is 6. The molecule has 29 heavy (non-hydrogen) atoms. The maximum atomic E-state index is 13.3. The number of hydrogen-bond acceptors (Lipinski definition) is 5. The molecule has 2 atom stereocenters. The molecule has 1 saturated heterocycles. The average molecular weight is 399 g/mol. The van der Waals surface area contributed by atoms with Crippen molar-refractivity contribution >= 4 is 23.4 Å². The Kier molecular flexibility index (Phi) is 6.02. The van der Waals surface area contributed by atoms with E-state index < -0.39 is 11.6 Å². The summed E-state index contributed by atoms with van der Waals surface area (Å²) in [5, 5.41) is 8.43. The number of nitrogens with zero attached hydrogens (tertiary/aromatic N) is 3. The number of aryl methyl sites for hydroxylation is 1. The molecule has 0 saturated carbocycles. The molecule has 0 bridgehead atoms. The van der Waals surface area contributed by atoms with E-state index in [-0.39, 0.29) is 23.6 Å². The van der Waals surface area contributed by atoms with Gasteiger partial charge in [0.1, 0.15) is 6.04 Å². The smallest absolute Gasteiger partial charge is 0.253 e. The SMILES string of the molecule is CN1N=C2CCN(C(=O)C(CCc3ccccc3)NC(=O)C(C)(C)N)CC2C1=O. The molecule has 1 fully saturated rings. The van der Waals surface area contributed by atoms with Crippen LogP contribution in [0.3, 0.4) is 0 Å². The number of nitrogens with two attached hydrogens (primary N) is 1. The number of nitrogens with one attached hydrogen (secondary N) is 1. The van der Waals surface area contributed by atoms with E-state index in [1.54, 1.807) is 25.8 Å². The van der Waals surface area contributed by atoms with Gasteiger partial charge >= 0.3 is 0 Å². The predicted octanol–water partition coefficient (Wildman–Crippen LogP) is 0.518. The Bertz CT molecular complexity index is 815. The fourth-order valence-electron chi connectivity index (χ4n) is 3.63. The van der Waals surface area contributed by atoms with Crippen molar-refractivity contribution in [1.29, 1.82) is 0 Å². The number of likely N-dealkylation sites (tertiary alicyclic amines) is 1. The van der Waals surface area contributed by atoms with Crippen LogP contribution in [0.4, 0.5) is 0 Å². The van der Waals surface area contributed by atoms with E-state index in [0.717, 1.165) is 11.3 Å². The monoisotopic (exact) mass is 399 g/mol. The Hall–Kier alpha value is -2.74. The fourth-order valence-corrected chi connectivity index (χ4v) is 3.63. The zero-order valence-electron chi connectivity index (χ0n) is 17.2. The lowest BCUT2D eigenvalue weighted by Gasteiger charge is -2.34. The maximum absolute atomic E-state index is 13.3. The Morgan fingerprint density at radius 2 is 2.00 bits per heavy atom. The first-order chi connectivity index (χ1) is 13.7. The van der Waals surface area contributed by atoms with Crippen molar-refractivity contribution < 1.29 is 14.4 Å². The van der Waals surface area contributed by atoms with Crippen LogP contribution in [0.25, 0.3) is 0 Å². The number of fused-ring (bicyclic) bond motifs is 1. The molecule has 8 heteroatoms. The van der Waals surface area contributed by atoms with Crippen molar-refractivity contribution in [2.45, 2.75) is 44.7 Å². The number of carbonyl (C=O) groups is 3. The molecule has 8 nitrogen and oxygen atoms in total. The first-order valence-corrected chi connectivity index (χ1v) is 9.94. The number of piperidine rings is 1. The van der Waals surface area contributed by atoms with Crippen molar-refractivity contribution in [2.75, 3.05) is 20.1 Å². The fraction of sp³-hybridized carbons (Fsp3) is 0.524. The van der Waals surface area contributed by atoms with E-state index >= 15 is 0 Å². The Balaban J connectivity index is 1.72. The molecule has 2 unspecified atom stereocenters. The lowest BCUT2D eigenvalue weighted by atomic mass is 9.94. The van der Waals surface area contributed by atoms with Gasteiger partial charge in [-0.2, -0.15) is 5.10 Å². The van der Waals surface area contributed by atoms with Gasteiger partial charge in [-0.05, 0) is 32.3 Å². The minimum Gasteiger partial charge on any atom is -0.343 e. The van der Waals surface area contributed by atoms with Crippen LogP contribution in [0.2, 0.25) is 0 Å². The van der Waals surface area contributed by atoms with Gasteiger partial charge in [0.15, 0.2) is 0 Å². The zero-order valence-corrected chi connectivity index (χ0v) is 17.2. The predicted molar refractivity (Wildman–Crippen MR) is 110 cm³/mol. The molecule has 1 aromatic rings. The van der Waals surface area contributed by atoms with Crippen LogP contribution in [0.5, 0.6) is 0 Å². The molecule has 0 spiro atoms. The lowest BCUT2D eigenvalue weighted by molar-refractivity contribution is -0.139. The molecule has 0 aromatic heterocycles. The van der Waals surface area contributed by atoms with Gasteiger partial charge in [0.05, 0.1) is 17.2 Å². The van der Waals surface area contributed by atoms with Crippen molar-refractivity contribution in [2.24, 2.45) is 16.8 Å². The zero-order chi connectivity index (χ0) is 21.2. The largest absolute Gasteiger partial charge is 0.343 e. The number of hydrogen-bond donors (Lipinski definition) is 2. The second kappa shape index (κ2) is 8.32. The molecule has 3 N–H and O–H groups in total. The molecule has 1 aromatic carbocycles. The van der Waals surface area contributed by atoms with E-state index in [4.69, 9.17) is 5.73 Å². The summed E-state index contributed by atoms with van der Waals surface area (Å²) in [5.74, 6) is -1.03. The van der Waals surface area contributed by atoms with Crippen LogP contribution in [-0.2, 0) is 20.8 Å². The highest BCUT2D eigenvalue weighted by molar-refractivity contribution is 6.09. The summed E-state index contributed by atoms with van der Waals surface area (Å²) in [6, 6.07) is 9.12. The number of carbonyl (C=O) groups excluding carboxylic acids is 3. The van der Waals surface area contributed by atoms with Crippen LogP contribution in [0.1, 0.15) is 32.3 Å². The van der Waals surface area contributed by atoms with E-state index in [1.165, 1.54) is 5.01 Å². The Morgan fingerprint density at radius 1 is 1.31 bits per heavy atom. The Morgan fingerprint density at radius 3 is 2.66 bits per heavy atom. The molecule has 2 aliphatic heterocycles. The first kappa shape index (κ1) is 21.0. The van der Waals surface area contributed by atoms with Gasteiger partial charge in [-0.1, -0.05) is 30.3 Å². The molecule has 2 heterocycles. The maximum Gasteiger partial charge on any atom is 0.253 e. The van der Waals surface area contributed by atoms with Gasteiger partial charge < -0.3 is 16.0 Å². The van der Waals surface area contributed by atoms with Crippen LogP contribution >= 0.6 is 0 Å². The molecule has 0 aliphatic carbocycles. The van der Waals surface area contributed by atoms with Gasteiger partial charge in [0, 0.05) is 26.6 Å². The highest BCUT2D eigenvalue weighted by atomic mass is 16.2. The molecule has 2 aliphatic rings.